The van der Waals surface area contributed by atoms with E-state index in [1.807, 2.05) is 12.1 Å². The molecule has 1 aromatic carbocycles. The van der Waals surface area contributed by atoms with Gasteiger partial charge in [0, 0.05) is 11.1 Å². The maximum atomic E-state index is 11.0. The maximum Gasteiger partial charge on any atom is 0.375 e. The molecule has 21 heavy (non-hydrogen) atoms. The minimum Gasteiger partial charge on any atom is -0.475 e. The number of aromatic carboxylic acids is 1. The largest absolute Gasteiger partial charge is 0.475 e. The van der Waals surface area contributed by atoms with Crippen LogP contribution in [0.3, 0.4) is 0 Å². The number of unbranched alkanes of at least 4 members (excludes halogenated alkanes) is 3. The second-order valence-corrected chi connectivity index (χ2v) is 5.30. The van der Waals surface area contributed by atoms with Crippen molar-refractivity contribution in [3.05, 3.63) is 41.2 Å². The molecule has 1 aromatic heterocycles. The number of hydrogen-bond donors (Lipinski definition) is 1. The highest BCUT2D eigenvalue weighted by Gasteiger charge is 2.18. The van der Waals surface area contributed by atoms with Crippen molar-refractivity contribution >= 4 is 5.97 Å². The first-order valence-electron chi connectivity index (χ1n) is 7.42. The van der Waals surface area contributed by atoms with Crippen molar-refractivity contribution in [2.75, 3.05) is 0 Å². The van der Waals surface area contributed by atoms with Crippen LogP contribution in [0.1, 0.15) is 54.3 Å². The molecule has 0 unspecified atom stereocenters. The van der Waals surface area contributed by atoms with Crippen LogP contribution in [-0.4, -0.2) is 16.2 Å². The Kier molecular flexibility index (Phi) is 5.14. The van der Waals surface area contributed by atoms with Crippen molar-refractivity contribution in [3.8, 4) is 11.3 Å². The summed E-state index contributed by atoms with van der Waals surface area (Å²) in [5.41, 5.74) is 3.36. The normalized spacial score (nSPS) is 10.8. The Balaban J connectivity index is 2.07. The number of carboxylic acid groups (broad SMARTS) is 1. The fraction of sp³-hybridized carbons (Fsp3) is 0.412. The number of rotatable bonds is 7. The van der Waals surface area contributed by atoms with Gasteiger partial charge in [-0.25, -0.2) is 4.79 Å². The smallest absolute Gasteiger partial charge is 0.375 e. The monoisotopic (exact) mass is 287 g/mol. The molecule has 0 atom stereocenters. The number of carbonyl (C=O) groups is 1. The molecule has 4 heteroatoms. The zero-order valence-corrected chi connectivity index (χ0v) is 12.6. The van der Waals surface area contributed by atoms with Crippen LogP contribution >= 0.6 is 0 Å². The Bertz CT molecular complexity index is 599. The summed E-state index contributed by atoms with van der Waals surface area (Å²) in [4.78, 5) is 11.0. The highest BCUT2D eigenvalue weighted by atomic mass is 16.5. The predicted molar refractivity (Wildman–Crippen MR) is 81.5 cm³/mol. The number of carboxylic acids is 1. The molecule has 0 aliphatic carbocycles. The summed E-state index contributed by atoms with van der Waals surface area (Å²) in [6.07, 6.45) is 6.09. The summed E-state index contributed by atoms with van der Waals surface area (Å²) in [5.74, 6) is -1.17. The van der Waals surface area contributed by atoms with E-state index in [0.717, 1.165) is 12.0 Å². The molecule has 0 radical (unpaired) electrons. The Labute approximate surface area is 124 Å². The quantitative estimate of drug-likeness (QED) is 0.763. The molecule has 0 amide bonds. The lowest BCUT2D eigenvalue weighted by Crippen LogP contribution is -1.95. The van der Waals surface area contributed by atoms with E-state index in [9.17, 15) is 4.79 Å². The van der Waals surface area contributed by atoms with E-state index in [1.165, 1.54) is 31.2 Å². The first-order chi connectivity index (χ1) is 10.1. The molecule has 0 aliphatic heterocycles. The lowest BCUT2D eigenvalue weighted by molar-refractivity contribution is 0.0651. The van der Waals surface area contributed by atoms with E-state index < -0.39 is 5.97 Å². The molecule has 0 saturated carbocycles. The Morgan fingerprint density at radius 2 is 1.90 bits per heavy atom. The van der Waals surface area contributed by atoms with Crippen LogP contribution < -0.4 is 0 Å². The number of hydrogen-bond acceptors (Lipinski definition) is 3. The van der Waals surface area contributed by atoms with Gasteiger partial charge in [-0.3, -0.25) is 0 Å². The van der Waals surface area contributed by atoms with Crippen molar-refractivity contribution in [1.82, 2.24) is 5.16 Å². The molecule has 0 aliphatic rings. The minimum atomic E-state index is -1.08. The van der Waals surface area contributed by atoms with Crippen molar-refractivity contribution in [3.63, 3.8) is 0 Å². The van der Waals surface area contributed by atoms with Crippen LogP contribution in [0.25, 0.3) is 11.3 Å². The topological polar surface area (TPSA) is 63.3 Å². The summed E-state index contributed by atoms with van der Waals surface area (Å²) < 4.78 is 4.88. The molecular formula is C17H21NO3. The van der Waals surface area contributed by atoms with Gasteiger partial charge in [-0.15, -0.1) is 0 Å². The third kappa shape index (κ3) is 3.72. The first kappa shape index (κ1) is 15.3. The summed E-state index contributed by atoms with van der Waals surface area (Å²) in [5, 5.41) is 12.8. The van der Waals surface area contributed by atoms with E-state index in [1.54, 1.807) is 6.92 Å². The van der Waals surface area contributed by atoms with Gasteiger partial charge >= 0.3 is 5.97 Å². The summed E-state index contributed by atoms with van der Waals surface area (Å²) >= 11 is 0. The van der Waals surface area contributed by atoms with Crippen molar-refractivity contribution < 1.29 is 14.4 Å². The van der Waals surface area contributed by atoms with E-state index in [0.29, 0.717) is 11.3 Å². The highest BCUT2D eigenvalue weighted by molar-refractivity contribution is 5.88. The third-order valence-electron chi connectivity index (χ3n) is 3.66. The predicted octanol–water partition coefficient (Wildman–Crippen LogP) is 4.47. The van der Waals surface area contributed by atoms with Crippen molar-refractivity contribution in [2.24, 2.45) is 0 Å². The van der Waals surface area contributed by atoms with E-state index in [4.69, 9.17) is 9.63 Å². The fourth-order valence-corrected chi connectivity index (χ4v) is 2.39. The molecule has 2 rings (SSSR count). The van der Waals surface area contributed by atoms with Gasteiger partial charge in [0.1, 0.15) is 5.69 Å². The number of benzene rings is 1. The van der Waals surface area contributed by atoms with Gasteiger partial charge in [0.2, 0.25) is 5.76 Å². The number of aryl methyl sites for hydroxylation is 1. The summed E-state index contributed by atoms with van der Waals surface area (Å²) in [7, 11) is 0. The van der Waals surface area contributed by atoms with Crippen molar-refractivity contribution in [2.45, 2.75) is 46.0 Å². The van der Waals surface area contributed by atoms with Gasteiger partial charge in [0.05, 0.1) is 0 Å². The molecule has 0 saturated heterocycles. The van der Waals surface area contributed by atoms with Crippen molar-refractivity contribution in [1.29, 1.82) is 0 Å². The second kappa shape index (κ2) is 7.07. The van der Waals surface area contributed by atoms with Crippen LogP contribution in [0.2, 0.25) is 0 Å². The van der Waals surface area contributed by atoms with Crippen LogP contribution in [0.15, 0.2) is 28.8 Å². The van der Waals surface area contributed by atoms with Gasteiger partial charge in [-0.1, -0.05) is 55.6 Å². The zero-order chi connectivity index (χ0) is 15.2. The number of nitrogens with zero attached hydrogens (tertiary/aromatic N) is 1. The fourth-order valence-electron chi connectivity index (χ4n) is 2.39. The second-order valence-electron chi connectivity index (χ2n) is 5.30. The first-order valence-corrected chi connectivity index (χ1v) is 7.42. The maximum absolute atomic E-state index is 11.0. The van der Waals surface area contributed by atoms with Gasteiger partial charge in [-0.2, -0.15) is 0 Å². The van der Waals surface area contributed by atoms with Gasteiger partial charge in [0.15, 0.2) is 0 Å². The average molecular weight is 287 g/mol. The Morgan fingerprint density at radius 1 is 1.19 bits per heavy atom. The molecule has 1 heterocycles. The molecule has 112 valence electrons. The minimum absolute atomic E-state index is 0.0892. The average Bonchev–Trinajstić information content (AvgIpc) is 2.86. The molecule has 1 N–H and O–H groups in total. The zero-order valence-electron chi connectivity index (χ0n) is 12.6. The van der Waals surface area contributed by atoms with Gasteiger partial charge in [-0.05, 0) is 25.3 Å². The van der Waals surface area contributed by atoms with E-state index in [2.05, 4.69) is 24.2 Å². The molecule has 4 nitrogen and oxygen atoms in total. The Morgan fingerprint density at radius 3 is 2.48 bits per heavy atom. The molecule has 2 aromatic rings. The van der Waals surface area contributed by atoms with E-state index >= 15 is 0 Å². The van der Waals surface area contributed by atoms with Crippen LogP contribution in [0.5, 0.6) is 0 Å². The lowest BCUT2D eigenvalue weighted by atomic mass is 10.0. The van der Waals surface area contributed by atoms with Gasteiger partial charge in [0.25, 0.3) is 0 Å². The molecule has 0 spiro atoms. The summed E-state index contributed by atoms with van der Waals surface area (Å²) in [6, 6.07) is 8.11. The lowest BCUT2D eigenvalue weighted by Gasteiger charge is -2.03. The highest BCUT2D eigenvalue weighted by Crippen LogP contribution is 2.25. The number of aromatic nitrogens is 1. The molecule has 0 bridgehead atoms. The molecule has 0 fully saturated rings. The van der Waals surface area contributed by atoms with E-state index in [-0.39, 0.29) is 5.76 Å². The van der Waals surface area contributed by atoms with Crippen LogP contribution in [0, 0.1) is 6.92 Å². The third-order valence-corrected chi connectivity index (χ3v) is 3.66. The van der Waals surface area contributed by atoms with Crippen LogP contribution in [0.4, 0.5) is 0 Å². The molecular weight excluding hydrogens is 266 g/mol. The van der Waals surface area contributed by atoms with Gasteiger partial charge < -0.3 is 9.63 Å². The Hall–Kier alpha value is -2.10. The SMILES string of the molecule is CCCCCCc1ccc(-c2noc(C(=O)O)c2C)cc1. The van der Waals surface area contributed by atoms with Crippen LogP contribution in [-0.2, 0) is 6.42 Å². The summed E-state index contributed by atoms with van der Waals surface area (Å²) in [6.45, 7) is 3.92. The standard InChI is InChI=1S/C17H21NO3/c1-3-4-5-6-7-13-8-10-14(11-9-13)15-12(2)16(17(19)20)21-18-15/h8-11H,3-7H2,1-2H3,(H,19,20).